The van der Waals surface area contributed by atoms with Gasteiger partial charge in [-0.3, -0.25) is 9.59 Å². The molecule has 0 spiro atoms. The van der Waals surface area contributed by atoms with E-state index in [-0.39, 0.29) is 10.7 Å². The molecule has 6 heteroatoms. The van der Waals surface area contributed by atoms with Crippen molar-refractivity contribution >= 4 is 29.2 Å². The number of hydrogen-bond donors (Lipinski definition) is 2. The van der Waals surface area contributed by atoms with Crippen molar-refractivity contribution in [3.63, 3.8) is 0 Å². The van der Waals surface area contributed by atoms with E-state index in [4.69, 9.17) is 16.7 Å². The number of rotatable bonds is 3. The Balaban J connectivity index is 2.14. The number of halogens is 2. The number of carboxylic acid groups (broad SMARTS) is 1. The fraction of sp³-hybridized carbons (Fsp3) is 0.273. The van der Waals surface area contributed by atoms with Crippen LogP contribution in [0.5, 0.6) is 0 Å². The molecule has 17 heavy (non-hydrogen) atoms. The molecule has 1 aromatic carbocycles. The Morgan fingerprint density at radius 1 is 1.41 bits per heavy atom. The summed E-state index contributed by atoms with van der Waals surface area (Å²) in [5, 5.41) is 11.2. The SMILES string of the molecule is O=C(O)C1(C(=O)Nc2ccc(Cl)c(F)c2)CC1. The van der Waals surface area contributed by atoms with Crippen LogP contribution in [-0.4, -0.2) is 17.0 Å². The molecule has 0 unspecified atom stereocenters. The summed E-state index contributed by atoms with van der Waals surface area (Å²) in [6, 6.07) is 3.77. The van der Waals surface area contributed by atoms with Gasteiger partial charge in [0.05, 0.1) is 5.02 Å². The van der Waals surface area contributed by atoms with Crippen LogP contribution in [0.4, 0.5) is 10.1 Å². The Morgan fingerprint density at radius 3 is 2.53 bits per heavy atom. The minimum absolute atomic E-state index is 0.0534. The number of carboxylic acids is 1. The molecule has 90 valence electrons. The van der Waals surface area contributed by atoms with Crippen LogP contribution in [0.1, 0.15) is 12.8 Å². The summed E-state index contributed by atoms with van der Waals surface area (Å²) in [5.41, 5.74) is -1.14. The lowest BCUT2D eigenvalue weighted by molar-refractivity contribution is -0.147. The molecule has 1 aliphatic carbocycles. The number of nitrogens with one attached hydrogen (secondary N) is 1. The van der Waals surface area contributed by atoms with Crippen molar-refractivity contribution in [1.82, 2.24) is 0 Å². The maximum atomic E-state index is 13.1. The second-order valence-electron chi connectivity index (χ2n) is 3.97. The summed E-state index contributed by atoms with van der Waals surface area (Å²) in [5.74, 6) is -2.43. The summed E-state index contributed by atoms with van der Waals surface area (Å²) in [4.78, 5) is 22.6. The molecule has 0 atom stereocenters. The zero-order valence-corrected chi connectivity index (χ0v) is 9.42. The van der Waals surface area contributed by atoms with Gasteiger partial charge in [0, 0.05) is 5.69 Å². The Kier molecular flexibility index (Phi) is 2.79. The Labute approximate surface area is 101 Å². The number of amides is 1. The highest BCUT2D eigenvalue weighted by Crippen LogP contribution is 2.46. The fourth-order valence-electron chi connectivity index (χ4n) is 1.49. The third-order valence-corrected chi connectivity index (χ3v) is 3.08. The Morgan fingerprint density at radius 2 is 2.06 bits per heavy atom. The summed E-state index contributed by atoms with van der Waals surface area (Å²) in [7, 11) is 0. The molecule has 0 radical (unpaired) electrons. The summed E-state index contributed by atoms with van der Waals surface area (Å²) >= 11 is 5.49. The van der Waals surface area contributed by atoms with E-state index in [1.54, 1.807) is 0 Å². The second-order valence-corrected chi connectivity index (χ2v) is 4.38. The van der Waals surface area contributed by atoms with Crippen molar-refractivity contribution in [2.24, 2.45) is 5.41 Å². The molecule has 1 aliphatic rings. The largest absolute Gasteiger partial charge is 0.480 e. The van der Waals surface area contributed by atoms with E-state index in [9.17, 15) is 14.0 Å². The van der Waals surface area contributed by atoms with E-state index in [0.717, 1.165) is 6.07 Å². The quantitative estimate of drug-likeness (QED) is 0.817. The minimum Gasteiger partial charge on any atom is -0.480 e. The monoisotopic (exact) mass is 257 g/mol. The van der Waals surface area contributed by atoms with Crippen molar-refractivity contribution in [1.29, 1.82) is 0 Å². The first-order valence-corrected chi connectivity index (χ1v) is 5.33. The highest BCUT2D eigenvalue weighted by atomic mass is 35.5. The van der Waals surface area contributed by atoms with Crippen LogP contribution >= 0.6 is 11.6 Å². The normalized spacial score (nSPS) is 16.4. The highest BCUT2D eigenvalue weighted by molar-refractivity contribution is 6.30. The van der Waals surface area contributed by atoms with Gasteiger partial charge in [-0.2, -0.15) is 0 Å². The van der Waals surface area contributed by atoms with Crippen LogP contribution in [0.25, 0.3) is 0 Å². The molecule has 0 bridgehead atoms. The van der Waals surface area contributed by atoms with E-state index in [1.807, 2.05) is 0 Å². The van der Waals surface area contributed by atoms with Gasteiger partial charge >= 0.3 is 5.97 Å². The topological polar surface area (TPSA) is 66.4 Å². The van der Waals surface area contributed by atoms with Gasteiger partial charge in [0.15, 0.2) is 0 Å². The Hall–Kier alpha value is -1.62. The first-order valence-electron chi connectivity index (χ1n) is 4.95. The van der Waals surface area contributed by atoms with Gasteiger partial charge in [0.25, 0.3) is 0 Å². The van der Waals surface area contributed by atoms with Crippen LogP contribution in [0, 0.1) is 11.2 Å². The van der Waals surface area contributed by atoms with E-state index in [1.165, 1.54) is 12.1 Å². The maximum Gasteiger partial charge on any atom is 0.319 e. The number of anilines is 1. The van der Waals surface area contributed by atoms with Gasteiger partial charge in [0.2, 0.25) is 5.91 Å². The van der Waals surface area contributed by atoms with Crippen molar-refractivity contribution in [3.05, 3.63) is 29.0 Å². The van der Waals surface area contributed by atoms with E-state index in [0.29, 0.717) is 12.8 Å². The van der Waals surface area contributed by atoms with Gasteiger partial charge in [-0.15, -0.1) is 0 Å². The molecule has 1 fully saturated rings. The molecular formula is C11H9ClFNO3. The number of hydrogen-bond acceptors (Lipinski definition) is 2. The molecule has 0 aliphatic heterocycles. The van der Waals surface area contributed by atoms with Crippen molar-refractivity contribution in [2.45, 2.75) is 12.8 Å². The summed E-state index contributed by atoms with van der Waals surface area (Å²) in [6.07, 6.45) is 0.620. The zero-order valence-electron chi connectivity index (χ0n) is 8.67. The molecule has 4 nitrogen and oxygen atoms in total. The molecule has 0 saturated heterocycles. The molecule has 1 aromatic rings. The smallest absolute Gasteiger partial charge is 0.319 e. The van der Waals surface area contributed by atoms with Gasteiger partial charge in [0.1, 0.15) is 11.2 Å². The molecule has 2 N–H and O–H groups in total. The summed E-state index contributed by atoms with van der Waals surface area (Å²) < 4.78 is 13.1. The number of aliphatic carboxylic acids is 1. The lowest BCUT2D eigenvalue weighted by Gasteiger charge is -2.10. The van der Waals surface area contributed by atoms with Crippen LogP contribution < -0.4 is 5.32 Å². The van der Waals surface area contributed by atoms with Crippen LogP contribution in [0.15, 0.2) is 18.2 Å². The minimum atomic E-state index is -1.34. The first kappa shape index (κ1) is 11.9. The average Bonchev–Trinajstić information content (AvgIpc) is 3.04. The molecular weight excluding hydrogens is 249 g/mol. The standard InChI is InChI=1S/C11H9ClFNO3/c12-7-2-1-6(5-8(7)13)14-9(15)11(3-4-11)10(16)17/h1-2,5H,3-4H2,(H,14,15)(H,16,17). The van der Waals surface area contributed by atoms with Gasteiger partial charge in [-0.25, -0.2) is 4.39 Å². The summed E-state index contributed by atoms with van der Waals surface area (Å²) in [6.45, 7) is 0. The highest BCUT2D eigenvalue weighted by Gasteiger charge is 2.57. The van der Waals surface area contributed by atoms with Gasteiger partial charge in [-0.05, 0) is 31.0 Å². The van der Waals surface area contributed by atoms with E-state index in [2.05, 4.69) is 5.32 Å². The maximum absolute atomic E-state index is 13.1. The van der Waals surface area contributed by atoms with E-state index >= 15 is 0 Å². The van der Waals surface area contributed by atoms with Crippen molar-refractivity contribution in [3.8, 4) is 0 Å². The Bertz CT molecular complexity index is 499. The molecule has 0 aromatic heterocycles. The second kappa shape index (κ2) is 4.00. The predicted molar refractivity (Wildman–Crippen MR) is 59.3 cm³/mol. The molecule has 1 amide bonds. The lowest BCUT2D eigenvalue weighted by Crippen LogP contribution is -2.31. The van der Waals surface area contributed by atoms with Crippen molar-refractivity contribution in [2.75, 3.05) is 5.32 Å². The lowest BCUT2D eigenvalue weighted by atomic mass is 10.1. The fourth-order valence-corrected chi connectivity index (χ4v) is 1.61. The number of carbonyl (C=O) groups excluding carboxylic acids is 1. The van der Waals surface area contributed by atoms with Crippen LogP contribution in [0.3, 0.4) is 0 Å². The molecule has 1 saturated carbocycles. The van der Waals surface area contributed by atoms with Crippen LogP contribution in [0.2, 0.25) is 5.02 Å². The van der Waals surface area contributed by atoms with E-state index < -0.39 is 23.1 Å². The van der Waals surface area contributed by atoms with Crippen molar-refractivity contribution < 1.29 is 19.1 Å². The third kappa shape index (κ3) is 2.10. The average molecular weight is 258 g/mol. The third-order valence-electron chi connectivity index (χ3n) is 2.77. The first-order chi connectivity index (χ1) is 7.95. The molecule has 0 heterocycles. The zero-order chi connectivity index (χ0) is 12.6. The number of benzene rings is 1. The predicted octanol–water partition coefficient (Wildman–Crippen LogP) is 2.28. The molecule has 2 rings (SSSR count). The van der Waals surface area contributed by atoms with Gasteiger partial charge in [-0.1, -0.05) is 11.6 Å². The van der Waals surface area contributed by atoms with Gasteiger partial charge < -0.3 is 10.4 Å². The van der Waals surface area contributed by atoms with Crippen LogP contribution in [-0.2, 0) is 9.59 Å². The number of carbonyl (C=O) groups is 2.